The number of carbonyl (C=O) groups excluding carboxylic acids is 1. The van der Waals surface area contributed by atoms with Crippen LogP contribution in [0, 0.1) is 5.92 Å². The molecule has 1 unspecified atom stereocenters. The van der Waals surface area contributed by atoms with Crippen LogP contribution in [0.4, 0.5) is 0 Å². The first-order valence-electron chi connectivity index (χ1n) is 9.55. The standard InChI is InChI=1S/C22H22N2O4/c1-26-15-4-6-19-17(10-15)16-9-14(3-5-18(16)24-19)22(25)23-11-13-2-7-20-21(8-13)28-12-27-20/h2,4,6-8,10,14,24H,3,5,9,11-12H2,1H3,(H,23,25). The third-order valence-corrected chi connectivity index (χ3v) is 5.67. The summed E-state index contributed by atoms with van der Waals surface area (Å²) < 4.78 is 16.1. The van der Waals surface area contributed by atoms with Crippen molar-refractivity contribution in [3.8, 4) is 17.2 Å². The monoisotopic (exact) mass is 378 g/mol. The number of hydrogen-bond donors (Lipinski definition) is 2. The molecule has 144 valence electrons. The average Bonchev–Trinajstić information content (AvgIpc) is 3.34. The summed E-state index contributed by atoms with van der Waals surface area (Å²) >= 11 is 0. The quantitative estimate of drug-likeness (QED) is 0.730. The smallest absolute Gasteiger partial charge is 0.231 e. The minimum atomic E-state index is -0.0216. The molecular weight excluding hydrogens is 356 g/mol. The van der Waals surface area contributed by atoms with Gasteiger partial charge in [-0.05, 0) is 60.7 Å². The van der Waals surface area contributed by atoms with Crippen molar-refractivity contribution in [3.63, 3.8) is 0 Å². The van der Waals surface area contributed by atoms with Crippen LogP contribution < -0.4 is 19.5 Å². The minimum Gasteiger partial charge on any atom is -0.497 e. The third kappa shape index (κ3) is 2.95. The van der Waals surface area contributed by atoms with Crippen molar-refractivity contribution < 1.29 is 19.0 Å². The van der Waals surface area contributed by atoms with Gasteiger partial charge in [-0.3, -0.25) is 4.79 Å². The van der Waals surface area contributed by atoms with Crippen molar-refractivity contribution in [1.82, 2.24) is 10.3 Å². The van der Waals surface area contributed by atoms with Gasteiger partial charge in [-0.1, -0.05) is 6.07 Å². The molecule has 0 bridgehead atoms. The van der Waals surface area contributed by atoms with Crippen LogP contribution in [0.2, 0.25) is 0 Å². The molecule has 28 heavy (non-hydrogen) atoms. The third-order valence-electron chi connectivity index (χ3n) is 5.67. The van der Waals surface area contributed by atoms with Crippen LogP contribution in [0.5, 0.6) is 17.2 Å². The van der Waals surface area contributed by atoms with E-state index in [2.05, 4.69) is 16.4 Å². The molecule has 6 heteroatoms. The highest BCUT2D eigenvalue weighted by Gasteiger charge is 2.27. The number of carbonyl (C=O) groups is 1. The summed E-state index contributed by atoms with van der Waals surface area (Å²) in [6.07, 6.45) is 2.48. The predicted molar refractivity (Wildman–Crippen MR) is 105 cm³/mol. The molecule has 1 aliphatic carbocycles. The Bertz CT molecular complexity index is 1060. The van der Waals surface area contributed by atoms with Gasteiger partial charge < -0.3 is 24.5 Å². The Kier molecular flexibility index (Phi) is 4.11. The second kappa shape index (κ2) is 6.78. The number of ether oxygens (including phenoxy) is 3. The van der Waals surface area contributed by atoms with E-state index >= 15 is 0 Å². The van der Waals surface area contributed by atoms with Crippen molar-refractivity contribution in [1.29, 1.82) is 0 Å². The van der Waals surface area contributed by atoms with E-state index in [4.69, 9.17) is 14.2 Å². The first kappa shape index (κ1) is 17.0. The van der Waals surface area contributed by atoms with E-state index in [9.17, 15) is 4.79 Å². The molecule has 2 aromatic carbocycles. The highest BCUT2D eigenvalue weighted by atomic mass is 16.7. The number of amides is 1. The zero-order valence-electron chi connectivity index (χ0n) is 15.7. The fourth-order valence-electron chi connectivity index (χ4n) is 4.13. The van der Waals surface area contributed by atoms with Crippen molar-refractivity contribution in [2.45, 2.75) is 25.8 Å². The molecule has 2 heterocycles. The molecule has 2 N–H and O–H groups in total. The van der Waals surface area contributed by atoms with Crippen LogP contribution in [0.25, 0.3) is 10.9 Å². The van der Waals surface area contributed by atoms with E-state index in [0.29, 0.717) is 6.54 Å². The van der Waals surface area contributed by atoms with Crippen molar-refractivity contribution >= 4 is 16.8 Å². The molecule has 0 saturated carbocycles. The van der Waals surface area contributed by atoms with Gasteiger partial charge in [0.05, 0.1) is 7.11 Å². The van der Waals surface area contributed by atoms with E-state index in [1.165, 1.54) is 11.3 Å². The molecule has 1 aliphatic heterocycles. The van der Waals surface area contributed by atoms with E-state index in [1.807, 2.05) is 30.3 Å². The zero-order chi connectivity index (χ0) is 19.1. The summed E-state index contributed by atoms with van der Waals surface area (Å²) in [6, 6.07) is 11.8. The predicted octanol–water partition coefficient (Wildman–Crippen LogP) is 3.33. The maximum absolute atomic E-state index is 12.8. The van der Waals surface area contributed by atoms with Gasteiger partial charge in [0.1, 0.15) is 5.75 Å². The van der Waals surface area contributed by atoms with Crippen LogP contribution in [-0.2, 0) is 24.2 Å². The van der Waals surface area contributed by atoms with Gasteiger partial charge in [0.15, 0.2) is 11.5 Å². The molecule has 3 aromatic rings. The van der Waals surface area contributed by atoms with E-state index < -0.39 is 0 Å². The van der Waals surface area contributed by atoms with Crippen LogP contribution in [-0.4, -0.2) is 24.8 Å². The largest absolute Gasteiger partial charge is 0.497 e. The van der Waals surface area contributed by atoms with Crippen LogP contribution in [0.1, 0.15) is 23.2 Å². The molecule has 0 fully saturated rings. The number of H-pyrrole nitrogens is 1. The lowest BCUT2D eigenvalue weighted by atomic mass is 9.85. The summed E-state index contributed by atoms with van der Waals surface area (Å²) in [5, 5.41) is 4.24. The molecule has 1 amide bonds. The van der Waals surface area contributed by atoms with Gasteiger partial charge in [-0.25, -0.2) is 0 Å². The van der Waals surface area contributed by atoms with E-state index in [0.717, 1.165) is 53.0 Å². The van der Waals surface area contributed by atoms with E-state index in [-0.39, 0.29) is 18.6 Å². The summed E-state index contributed by atoms with van der Waals surface area (Å²) in [4.78, 5) is 16.3. The Morgan fingerprint density at radius 1 is 1.21 bits per heavy atom. The van der Waals surface area contributed by atoms with Crippen LogP contribution >= 0.6 is 0 Å². The lowest BCUT2D eigenvalue weighted by Crippen LogP contribution is -2.33. The number of aromatic amines is 1. The van der Waals surface area contributed by atoms with Crippen molar-refractivity contribution in [2.24, 2.45) is 5.92 Å². The van der Waals surface area contributed by atoms with Gasteiger partial charge in [-0.2, -0.15) is 0 Å². The number of methoxy groups -OCH3 is 1. The molecule has 1 atom stereocenters. The van der Waals surface area contributed by atoms with Crippen LogP contribution in [0.15, 0.2) is 36.4 Å². The molecule has 2 aliphatic rings. The van der Waals surface area contributed by atoms with E-state index in [1.54, 1.807) is 7.11 Å². The Morgan fingerprint density at radius 2 is 2.11 bits per heavy atom. The fraction of sp³-hybridized carbons (Fsp3) is 0.318. The SMILES string of the molecule is COc1ccc2[nH]c3c(c2c1)CC(C(=O)NCc1ccc2c(c1)OCO2)CC3. The first-order chi connectivity index (χ1) is 13.7. The Labute approximate surface area is 162 Å². The number of benzene rings is 2. The molecule has 5 rings (SSSR count). The highest BCUT2D eigenvalue weighted by molar-refractivity contribution is 5.88. The molecule has 0 saturated heterocycles. The first-order valence-corrected chi connectivity index (χ1v) is 9.55. The number of hydrogen-bond acceptors (Lipinski definition) is 4. The molecule has 0 radical (unpaired) electrons. The van der Waals surface area contributed by atoms with Crippen LogP contribution in [0.3, 0.4) is 0 Å². The number of aromatic nitrogens is 1. The fourth-order valence-corrected chi connectivity index (χ4v) is 4.13. The van der Waals surface area contributed by atoms with Gasteiger partial charge in [0, 0.05) is 29.1 Å². The average molecular weight is 378 g/mol. The van der Waals surface area contributed by atoms with Gasteiger partial charge in [0.25, 0.3) is 0 Å². The Morgan fingerprint density at radius 3 is 3.00 bits per heavy atom. The summed E-state index contributed by atoms with van der Waals surface area (Å²) in [5.74, 6) is 2.41. The second-order valence-electron chi connectivity index (χ2n) is 7.34. The lowest BCUT2D eigenvalue weighted by Gasteiger charge is -2.22. The molecular formula is C22H22N2O4. The van der Waals surface area contributed by atoms with Gasteiger partial charge in [-0.15, -0.1) is 0 Å². The minimum absolute atomic E-state index is 0.0216. The summed E-state index contributed by atoms with van der Waals surface area (Å²) in [6.45, 7) is 0.742. The Balaban J connectivity index is 1.29. The zero-order valence-corrected chi connectivity index (χ0v) is 15.7. The van der Waals surface area contributed by atoms with Gasteiger partial charge >= 0.3 is 0 Å². The Hall–Kier alpha value is -3.15. The number of fused-ring (bicyclic) bond motifs is 4. The number of aryl methyl sites for hydroxylation is 1. The topological polar surface area (TPSA) is 72.6 Å². The van der Waals surface area contributed by atoms with Crippen molar-refractivity contribution in [3.05, 3.63) is 53.2 Å². The molecule has 6 nitrogen and oxygen atoms in total. The maximum Gasteiger partial charge on any atom is 0.231 e. The lowest BCUT2D eigenvalue weighted by molar-refractivity contribution is -0.125. The number of rotatable bonds is 4. The maximum atomic E-state index is 12.8. The summed E-state index contributed by atoms with van der Waals surface area (Å²) in [5.41, 5.74) is 4.59. The second-order valence-corrected chi connectivity index (χ2v) is 7.34. The molecule has 0 spiro atoms. The highest BCUT2D eigenvalue weighted by Crippen LogP contribution is 2.34. The van der Waals surface area contributed by atoms with Gasteiger partial charge in [0.2, 0.25) is 12.7 Å². The number of nitrogens with one attached hydrogen (secondary N) is 2. The van der Waals surface area contributed by atoms with Crippen molar-refractivity contribution in [2.75, 3.05) is 13.9 Å². The normalized spacial score (nSPS) is 17.4. The summed E-state index contributed by atoms with van der Waals surface area (Å²) in [7, 11) is 1.67. The molecule has 1 aromatic heterocycles.